The van der Waals surface area contributed by atoms with Crippen molar-refractivity contribution in [3.63, 3.8) is 0 Å². The second-order valence-corrected chi connectivity index (χ2v) is 3.63. The van der Waals surface area contributed by atoms with Gasteiger partial charge in [-0.15, -0.1) is 0 Å². The van der Waals surface area contributed by atoms with Crippen LogP contribution in [-0.2, 0) is 4.74 Å². The van der Waals surface area contributed by atoms with E-state index in [-0.39, 0.29) is 6.04 Å². The van der Waals surface area contributed by atoms with Crippen molar-refractivity contribution < 1.29 is 4.74 Å². The van der Waals surface area contributed by atoms with Gasteiger partial charge in [0.15, 0.2) is 0 Å². The lowest BCUT2D eigenvalue weighted by Crippen LogP contribution is -2.25. The second-order valence-electron chi connectivity index (χ2n) is 3.63. The number of anilines is 1. The molecule has 0 saturated heterocycles. The lowest BCUT2D eigenvalue weighted by Gasteiger charge is -2.17. The lowest BCUT2D eigenvalue weighted by molar-refractivity contribution is 0.182. The summed E-state index contributed by atoms with van der Waals surface area (Å²) >= 11 is 0. The number of pyridine rings is 1. The van der Waals surface area contributed by atoms with Gasteiger partial charge in [-0.05, 0) is 18.6 Å². The minimum absolute atomic E-state index is 0.274. The summed E-state index contributed by atoms with van der Waals surface area (Å²) in [5, 5.41) is 11.9. The minimum Gasteiger partial charge on any atom is -0.383 e. The molecule has 4 heteroatoms. The maximum Gasteiger partial charge on any atom is 0.126 e. The monoisotopic (exact) mass is 219 g/mol. The molecule has 0 radical (unpaired) electrons. The Bertz CT molecular complexity index is 336. The molecule has 0 saturated carbocycles. The van der Waals surface area contributed by atoms with Crippen molar-refractivity contribution in [1.82, 2.24) is 4.98 Å². The summed E-state index contributed by atoms with van der Waals surface area (Å²) in [5.41, 5.74) is 0.573. The molecule has 86 valence electrons. The molecule has 1 atom stereocenters. The van der Waals surface area contributed by atoms with Crippen molar-refractivity contribution in [3.05, 3.63) is 23.9 Å². The molecule has 0 spiro atoms. The molecule has 1 rings (SSSR count). The molecule has 0 aliphatic rings. The van der Waals surface area contributed by atoms with Crippen LogP contribution in [0.3, 0.4) is 0 Å². The number of nitrogens with one attached hydrogen (secondary N) is 1. The Kier molecular flexibility index (Phi) is 5.30. The third-order valence-electron chi connectivity index (χ3n) is 2.25. The highest BCUT2D eigenvalue weighted by Crippen LogP contribution is 2.09. The standard InChI is InChI=1S/C12H17N3O/c1-3-4-11(9-16-2)15-12-6-5-10(7-13)8-14-12/h5-6,8,11H,3-4,9H2,1-2H3,(H,14,15). The average molecular weight is 219 g/mol. The van der Waals surface area contributed by atoms with E-state index in [1.54, 1.807) is 19.4 Å². The number of rotatable bonds is 6. The Morgan fingerprint density at radius 1 is 1.56 bits per heavy atom. The summed E-state index contributed by atoms with van der Waals surface area (Å²) < 4.78 is 5.13. The Hall–Kier alpha value is -1.60. The first-order chi connectivity index (χ1) is 7.80. The summed E-state index contributed by atoms with van der Waals surface area (Å²) in [4.78, 5) is 4.16. The number of aromatic nitrogens is 1. The predicted molar refractivity (Wildman–Crippen MR) is 63.1 cm³/mol. The van der Waals surface area contributed by atoms with Crippen molar-refractivity contribution >= 4 is 5.82 Å². The Morgan fingerprint density at radius 2 is 2.38 bits per heavy atom. The molecule has 1 aromatic heterocycles. The Balaban J connectivity index is 2.59. The summed E-state index contributed by atoms with van der Waals surface area (Å²) in [5.74, 6) is 0.787. The van der Waals surface area contributed by atoms with E-state index in [4.69, 9.17) is 10.00 Å². The first kappa shape index (κ1) is 12.5. The molecular weight excluding hydrogens is 202 g/mol. The summed E-state index contributed by atoms with van der Waals surface area (Å²) in [6.45, 7) is 2.80. The lowest BCUT2D eigenvalue weighted by atomic mass is 10.2. The van der Waals surface area contributed by atoms with Crippen LogP contribution in [-0.4, -0.2) is 24.7 Å². The molecular formula is C12H17N3O. The molecule has 0 aliphatic heterocycles. The van der Waals surface area contributed by atoms with E-state index in [2.05, 4.69) is 17.2 Å². The van der Waals surface area contributed by atoms with Gasteiger partial charge < -0.3 is 10.1 Å². The van der Waals surface area contributed by atoms with E-state index in [1.165, 1.54) is 0 Å². The van der Waals surface area contributed by atoms with Gasteiger partial charge in [-0.2, -0.15) is 5.26 Å². The number of nitrogens with zero attached hydrogens (tertiary/aromatic N) is 2. The Labute approximate surface area is 96.3 Å². The summed E-state index contributed by atoms with van der Waals surface area (Å²) in [6.07, 6.45) is 3.70. The van der Waals surface area contributed by atoms with Crippen molar-refractivity contribution in [2.45, 2.75) is 25.8 Å². The largest absolute Gasteiger partial charge is 0.383 e. The van der Waals surface area contributed by atoms with E-state index in [1.807, 2.05) is 12.1 Å². The molecule has 0 aromatic carbocycles. The SMILES string of the molecule is CCCC(COC)Nc1ccc(C#N)cn1. The van der Waals surface area contributed by atoms with E-state index < -0.39 is 0 Å². The molecule has 1 aromatic rings. The van der Waals surface area contributed by atoms with E-state index in [9.17, 15) is 0 Å². The van der Waals surface area contributed by atoms with Gasteiger partial charge in [0.1, 0.15) is 11.9 Å². The van der Waals surface area contributed by atoms with E-state index in [0.717, 1.165) is 18.7 Å². The first-order valence-corrected chi connectivity index (χ1v) is 5.41. The molecule has 0 bridgehead atoms. The van der Waals surface area contributed by atoms with Crippen molar-refractivity contribution in [1.29, 1.82) is 5.26 Å². The van der Waals surface area contributed by atoms with Gasteiger partial charge in [0, 0.05) is 13.3 Å². The molecule has 0 aliphatic carbocycles. The topological polar surface area (TPSA) is 57.9 Å². The van der Waals surface area contributed by atoms with Crippen molar-refractivity contribution in [3.8, 4) is 6.07 Å². The van der Waals surface area contributed by atoms with Crippen molar-refractivity contribution in [2.75, 3.05) is 19.0 Å². The van der Waals surface area contributed by atoms with Crippen LogP contribution < -0.4 is 5.32 Å². The van der Waals surface area contributed by atoms with Gasteiger partial charge in [0.25, 0.3) is 0 Å². The maximum atomic E-state index is 8.65. The molecule has 1 unspecified atom stereocenters. The fourth-order valence-corrected chi connectivity index (χ4v) is 1.50. The number of methoxy groups -OCH3 is 1. The molecule has 4 nitrogen and oxygen atoms in total. The smallest absolute Gasteiger partial charge is 0.126 e. The van der Waals surface area contributed by atoms with Gasteiger partial charge >= 0.3 is 0 Å². The van der Waals surface area contributed by atoms with Gasteiger partial charge in [0.05, 0.1) is 18.2 Å². The van der Waals surface area contributed by atoms with Crippen LogP contribution in [0.4, 0.5) is 5.82 Å². The fourth-order valence-electron chi connectivity index (χ4n) is 1.50. The van der Waals surface area contributed by atoms with Crippen LogP contribution in [0.2, 0.25) is 0 Å². The zero-order chi connectivity index (χ0) is 11.8. The highest BCUT2D eigenvalue weighted by atomic mass is 16.5. The van der Waals surface area contributed by atoms with Crippen LogP contribution in [0.1, 0.15) is 25.3 Å². The molecule has 16 heavy (non-hydrogen) atoms. The number of ether oxygens (including phenoxy) is 1. The normalized spacial score (nSPS) is 11.8. The predicted octanol–water partition coefficient (Wildman–Crippen LogP) is 2.18. The van der Waals surface area contributed by atoms with Gasteiger partial charge in [0.2, 0.25) is 0 Å². The Morgan fingerprint density at radius 3 is 2.88 bits per heavy atom. The third kappa shape index (κ3) is 3.87. The second kappa shape index (κ2) is 6.81. The highest BCUT2D eigenvalue weighted by Gasteiger charge is 2.07. The maximum absolute atomic E-state index is 8.65. The quantitative estimate of drug-likeness (QED) is 0.796. The van der Waals surface area contributed by atoms with Gasteiger partial charge in [-0.25, -0.2) is 4.98 Å². The zero-order valence-electron chi connectivity index (χ0n) is 9.73. The number of hydrogen-bond donors (Lipinski definition) is 1. The zero-order valence-corrected chi connectivity index (χ0v) is 9.73. The number of hydrogen-bond acceptors (Lipinski definition) is 4. The summed E-state index contributed by atoms with van der Waals surface area (Å²) in [6, 6.07) is 5.89. The fraction of sp³-hybridized carbons (Fsp3) is 0.500. The first-order valence-electron chi connectivity index (χ1n) is 5.41. The van der Waals surface area contributed by atoms with Crippen molar-refractivity contribution in [2.24, 2.45) is 0 Å². The molecule has 1 heterocycles. The van der Waals surface area contributed by atoms with E-state index in [0.29, 0.717) is 12.2 Å². The van der Waals surface area contributed by atoms with E-state index >= 15 is 0 Å². The van der Waals surface area contributed by atoms with Gasteiger partial charge in [-0.1, -0.05) is 13.3 Å². The van der Waals surface area contributed by atoms with Gasteiger partial charge in [-0.3, -0.25) is 0 Å². The van der Waals surface area contributed by atoms with Crippen LogP contribution in [0.15, 0.2) is 18.3 Å². The average Bonchev–Trinajstić information content (AvgIpc) is 2.31. The minimum atomic E-state index is 0.274. The van der Waals surface area contributed by atoms with Crippen LogP contribution >= 0.6 is 0 Å². The van der Waals surface area contributed by atoms with Crippen LogP contribution in [0.5, 0.6) is 0 Å². The molecule has 0 amide bonds. The number of nitriles is 1. The van der Waals surface area contributed by atoms with Crippen LogP contribution in [0, 0.1) is 11.3 Å². The third-order valence-corrected chi connectivity index (χ3v) is 2.25. The highest BCUT2D eigenvalue weighted by molar-refractivity contribution is 5.39. The molecule has 1 N–H and O–H groups in total. The molecule has 0 fully saturated rings. The van der Waals surface area contributed by atoms with Crippen LogP contribution in [0.25, 0.3) is 0 Å². The summed E-state index contributed by atoms with van der Waals surface area (Å²) in [7, 11) is 1.69.